The van der Waals surface area contributed by atoms with E-state index in [0.717, 1.165) is 5.56 Å². The first kappa shape index (κ1) is 18.5. The van der Waals surface area contributed by atoms with Gasteiger partial charge in [0.2, 0.25) is 0 Å². The maximum atomic E-state index is 13.1. The summed E-state index contributed by atoms with van der Waals surface area (Å²) >= 11 is 0. The lowest BCUT2D eigenvalue weighted by molar-refractivity contribution is 0.0948. The molecule has 3 N–H and O–H groups in total. The average molecular weight is 366 g/mol. The van der Waals surface area contributed by atoms with E-state index < -0.39 is 17.3 Å². The summed E-state index contributed by atoms with van der Waals surface area (Å²) in [5.74, 6) is -0.891. The lowest BCUT2D eigenvalue weighted by Crippen LogP contribution is -2.33. The van der Waals surface area contributed by atoms with Crippen molar-refractivity contribution in [2.75, 3.05) is 0 Å². The second-order valence-corrected chi connectivity index (χ2v) is 6.07. The number of carbonyl (C=O) groups excluding carboxylic acids is 1. The molecule has 1 amide bonds. The number of halogens is 1. The van der Waals surface area contributed by atoms with E-state index in [2.05, 4.69) is 10.3 Å². The summed E-state index contributed by atoms with van der Waals surface area (Å²) < 4.78 is 14.4. The largest absolute Gasteiger partial charge is 0.346 e. The third-order valence-corrected chi connectivity index (χ3v) is 4.18. The van der Waals surface area contributed by atoms with Gasteiger partial charge < -0.3 is 11.1 Å². The first-order valence-electron chi connectivity index (χ1n) is 8.40. The van der Waals surface area contributed by atoms with Gasteiger partial charge in [0, 0.05) is 24.6 Å². The minimum atomic E-state index is -0.492. The fourth-order valence-corrected chi connectivity index (χ4v) is 2.72. The van der Waals surface area contributed by atoms with E-state index in [1.165, 1.54) is 28.8 Å². The van der Waals surface area contributed by atoms with Crippen LogP contribution in [0.5, 0.6) is 0 Å². The molecule has 0 fully saturated rings. The number of hydrogen-bond donors (Lipinski definition) is 2. The van der Waals surface area contributed by atoms with Crippen LogP contribution in [0, 0.1) is 12.7 Å². The Morgan fingerprint density at radius 2 is 1.96 bits per heavy atom. The molecule has 0 aliphatic heterocycles. The van der Waals surface area contributed by atoms with E-state index in [1.54, 1.807) is 37.5 Å². The maximum Gasteiger partial charge on any atom is 0.268 e. The van der Waals surface area contributed by atoms with Gasteiger partial charge in [-0.15, -0.1) is 0 Å². The molecule has 0 atom stereocenters. The van der Waals surface area contributed by atoms with E-state index in [4.69, 9.17) is 5.73 Å². The number of carbonyl (C=O) groups is 1. The number of aromatic nitrogens is 2. The molecular formula is C20H19FN4O2. The fraction of sp³-hybridized carbons (Fsp3) is 0.150. The Balaban J connectivity index is 1.86. The van der Waals surface area contributed by atoms with Gasteiger partial charge in [0.15, 0.2) is 0 Å². The highest BCUT2D eigenvalue weighted by molar-refractivity contribution is 5.95. The Labute approximate surface area is 155 Å². The van der Waals surface area contributed by atoms with Crippen molar-refractivity contribution >= 4 is 5.91 Å². The van der Waals surface area contributed by atoms with Crippen LogP contribution in [-0.4, -0.2) is 15.5 Å². The van der Waals surface area contributed by atoms with Gasteiger partial charge >= 0.3 is 0 Å². The number of nitrogens with one attached hydrogen (secondary N) is 1. The summed E-state index contributed by atoms with van der Waals surface area (Å²) in [6.07, 6.45) is 3.19. The maximum absolute atomic E-state index is 13.1. The number of aryl methyl sites for hydroxylation is 1. The number of nitrogens with zero attached hydrogens (tertiary/aromatic N) is 2. The van der Waals surface area contributed by atoms with Crippen molar-refractivity contribution in [2.45, 2.75) is 20.0 Å². The molecule has 0 bridgehead atoms. The van der Waals surface area contributed by atoms with Gasteiger partial charge in [-0.05, 0) is 60.5 Å². The SMILES string of the molecule is Cc1ccn(-c2ccc(F)cc2)c(=O)c1C(=O)NCc1cc(CN)ccn1. The molecule has 3 aromatic rings. The zero-order chi connectivity index (χ0) is 19.4. The minimum Gasteiger partial charge on any atom is -0.346 e. The number of nitrogens with two attached hydrogens (primary N) is 1. The average Bonchev–Trinajstić information content (AvgIpc) is 2.67. The van der Waals surface area contributed by atoms with E-state index in [-0.39, 0.29) is 12.1 Å². The Bertz CT molecular complexity index is 1030. The second-order valence-electron chi connectivity index (χ2n) is 6.07. The highest BCUT2D eigenvalue weighted by Crippen LogP contribution is 2.10. The summed E-state index contributed by atoms with van der Waals surface area (Å²) in [7, 11) is 0. The molecule has 0 spiro atoms. The van der Waals surface area contributed by atoms with Gasteiger partial charge in [0.1, 0.15) is 11.4 Å². The monoisotopic (exact) mass is 366 g/mol. The molecule has 2 aromatic heterocycles. The third-order valence-electron chi connectivity index (χ3n) is 4.18. The zero-order valence-electron chi connectivity index (χ0n) is 14.8. The van der Waals surface area contributed by atoms with Crippen LogP contribution < -0.4 is 16.6 Å². The van der Waals surface area contributed by atoms with E-state index in [1.807, 2.05) is 0 Å². The van der Waals surface area contributed by atoms with Crippen molar-refractivity contribution in [1.29, 1.82) is 0 Å². The summed E-state index contributed by atoms with van der Waals surface area (Å²) in [5.41, 5.74) is 7.77. The second kappa shape index (κ2) is 7.92. The van der Waals surface area contributed by atoms with Gasteiger partial charge in [-0.25, -0.2) is 4.39 Å². The van der Waals surface area contributed by atoms with Gasteiger partial charge in [-0.2, -0.15) is 0 Å². The quantitative estimate of drug-likeness (QED) is 0.723. The highest BCUT2D eigenvalue weighted by atomic mass is 19.1. The normalized spacial score (nSPS) is 10.6. The van der Waals surface area contributed by atoms with Gasteiger partial charge in [-0.1, -0.05) is 0 Å². The molecule has 0 saturated heterocycles. The number of amides is 1. The van der Waals surface area contributed by atoms with Crippen molar-refractivity contribution in [3.05, 3.63) is 93.4 Å². The summed E-state index contributed by atoms with van der Waals surface area (Å²) in [6.45, 7) is 2.25. The molecule has 7 heteroatoms. The lowest BCUT2D eigenvalue weighted by Gasteiger charge is -2.11. The van der Waals surface area contributed by atoms with Crippen LogP contribution in [0.1, 0.15) is 27.2 Å². The molecule has 6 nitrogen and oxygen atoms in total. The van der Waals surface area contributed by atoms with Crippen LogP contribution in [0.2, 0.25) is 0 Å². The van der Waals surface area contributed by atoms with Crippen LogP contribution in [0.25, 0.3) is 5.69 Å². The molecule has 138 valence electrons. The number of rotatable bonds is 5. The Morgan fingerprint density at radius 3 is 2.67 bits per heavy atom. The lowest BCUT2D eigenvalue weighted by atomic mass is 10.1. The van der Waals surface area contributed by atoms with Crippen molar-refractivity contribution in [2.24, 2.45) is 5.73 Å². The fourth-order valence-electron chi connectivity index (χ4n) is 2.72. The molecule has 0 unspecified atom stereocenters. The number of pyridine rings is 2. The van der Waals surface area contributed by atoms with E-state index in [0.29, 0.717) is 23.5 Å². The third kappa shape index (κ3) is 4.09. The first-order chi connectivity index (χ1) is 13.0. The van der Waals surface area contributed by atoms with Crippen LogP contribution >= 0.6 is 0 Å². The predicted octanol–water partition coefficient (Wildman–Crippen LogP) is 2.07. The summed E-state index contributed by atoms with van der Waals surface area (Å²) in [5, 5.41) is 2.72. The molecule has 2 heterocycles. The van der Waals surface area contributed by atoms with Gasteiger partial charge in [0.25, 0.3) is 11.5 Å². The molecule has 0 radical (unpaired) electrons. The van der Waals surface area contributed by atoms with Crippen molar-refractivity contribution in [1.82, 2.24) is 14.9 Å². The minimum absolute atomic E-state index is 0.0387. The van der Waals surface area contributed by atoms with Crippen LogP contribution in [0.15, 0.2) is 59.7 Å². The first-order valence-corrected chi connectivity index (χ1v) is 8.40. The molecule has 1 aromatic carbocycles. The molecule has 3 rings (SSSR count). The number of hydrogen-bond acceptors (Lipinski definition) is 4. The summed E-state index contributed by atoms with van der Waals surface area (Å²) in [4.78, 5) is 29.6. The van der Waals surface area contributed by atoms with Crippen molar-refractivity contribution in [3.8, 4) is 5.69 Å². The Hall–Kier alpha value is -3.32. The van der Waals surface area contributed by atoms with Crippen LogP contribution in [0.4, 0.5) is 4.39 Å². The van der Waals surface area contributed by atoms with E-state index >= 15 is 0 Å². The Kier molecular flexibility index (Phi) is 5.42. The Morgan fingerprint density at radius 1 is 1.22 bits per heavy atom. The number of benzene rings is 1. The van der Waals surface area contributed by atoms with E-state index in [9.17, 15) is 14.0 Å². The molecule has 0 aliphatic carbocycles. The molecular weight excluding hydrogens is 347 g/mol. The summed E-state index contributed by atoms with van der Waals surface area (Å²) in [6, 6.07) is 10.8. The van der Waals surface area contributed by atoms with Gasteiger partial charge in [0.05, 0.1) is 12.2 Å². The topological polar surface area (TPSA) is 90.0 Å². The van der Waals surface area contributed by atoms with Gasteiger partial charge in [-0.3, -0.25) is 19.1 Å². The molecule has 0 aliphatic rings. The highest BCUT2D eigenvalue weighted by Gasteiger charge is 2.16. The predicted molar refractivity (Wildman–Crippen MR) is 100 cm³/mol. The molecule has 27 heavy (non-hydrogen) atoms. The molecule has 0 saturated carbocycles. The zero-order valence-corrected chi connectivity index (χ0v) is 14.8. The van der Waals surface area contributed by atoms with Crippen molar-refractivity contribution in [3.63, 3.8) is 0 Å². The van der Waals surface area contributed by atoms with Crippen molar-refractivity contribution < 1.29 is 9.18 Å². The standard InChI is InChI=1S/C20H19FN4O2/c1-13-7-9-25(17-4-2-15(21)3-5-17)20(27)18(13)19(26)24-12-16-10-14(11-22)6-8-23-16/h2-10H,11-12,22H2,1H3,(H,24,26). The van der Waals surface area contributed by atoms with Crippen LogP contribution in [-0.2, 0) is 13.1 Å². The smallest absolute Gasteiger partial charge is 0.268 e. The van der Waals surface area contributed by atoms with Crippen LogP contribution in [0.3, 0.4) is 0 Å².